The van der Waals surface area contributed by atoms with Crippen LogP contribution in [0.1, 0.15) is 25.0 Å². The van der Waals surface area contributed by atoms with Crippen molar-refractivity contribution in [1.82, 2.24) is 4.90 Å². The summed E-state index contributed by atoms with van der Waals surface area (Å²) < 4.78 is 0.703. The number of thiol groups is 1. The van der Waals surface area contributed by atoms with Crippen LogP contribution in [0, 0.1) is 0 Å². The average molecular weight is 239 g/mol. The molecule has 0 spiro atoms. The van der Waals surface area contributed by atoms with Gasteiger partial charge in [-0.25, -0.2) is 0 Å². The molecule has 0 amide bonds. The van der Waals surface area contributed by atoms with Gasteiger partial charge in [0.2, 0.25) is 0 Å². The zero-order valence-electron chi connectivity index (χ0n) is 9.23. The first kappa shape index (κ1) is 12.5. The van der Waals surface area contributed by atoms with Crippen LogP contribution in [-0.2, 0) is 13.0 Å². The van der Waals surface area contributed by atoms with Crippen molar-refractivity contribution in [1.29, 1.82) is 0 Å². The Morgan fingerprint density at radius 3 is 2.47 bits per heavy atom. The Kier molecular flexibility index (Phi) is 5.12. The molecule has 0 N–H and O–H groups in total. The standard InChI is InChI=1S/C10H11NS2.C2H6/c12-10(13)11-6-5-8-3-1-2-4-9(8)7-11;1-2/h1-4H,5-7H2,(H,12,13);1-2H3. The van der Waals surface area contributed by atoms with Gasteiger partial charge in [0, 0.05) is 13.1 Å². The lowest BCUT2D eigenvalue weighted by Gasteiger charge is -2.28. The van der Waals surface area contributed by atoms with E-state index in [0.29, 0.717) is 4.32 Å². The van der Waals surface area contributed by atoms with Gasteiger partial charge in [-0.15, -0.1) is 12.6 Å². The van der Waals surface area contributed by atoms with Gasteiger partial charge >= 0.3 is 0 Å². The maximum Gasteiger partial charge on any atom is 0.133 e. The molecule has 2 rings (SSSR count). The van der Waals surface area contributed by atoms with Crippen LogP contribution < -0.4 is 0 Å². The summed E-state index contributed by atoms with van der Waals surface area (Å²) in [5.41, 5.74) is 2.83. The number of benzene rings is 1. The van der Waals surface area contributed by atoms with E-state index in [1.807, 2.05) is 13.8 Å². The lowest BCUT2D eigenvalue weighted by atomic mass is 10.0. The first-order valence-corrected chi connectivity index (χ1v) is 6.17. The van der Waals surface area contributed by atoms with Gasteiger partial charge in [0.05, 0.1) is 0 Å². The third kappa shape index (κ3) is 3.21. The monoisotopic (exact) mass is 239 g/mol. The van der Waals surface area contributed by atoms with Crippen LogP contribution in [0.2, 0.25) is 0 Å². The molecule has 1 aromatic rings. The molecule has 1 aromatic carbocycles. The highest BCUT2D eigenvalue weighted by atomic mass is 32.1. The fourth-order valence-electron chi connectivity index (χ4n) is 1.66. The van der Waals surface area contributed by atoms with Crippen LogP contribution in [0.3, 0.4) is 0 Å². The zero-order chi connectivity index (χ0) is 11.3. The van der Waals surface area contributed by atoms with E-state index in [1.54, 1.807) is 0 Å². The fraction of sp³-hybridized carbons (Fsp3) is 0.417. The molecule has 0 aromatic heterocycles. The van der Waals surface area contributed by atoms with Gasteiger partial charge < -0.3 is 4.90 Å². The number of nitrogens with zero attached hydrogens (tertiary/aromatic N) is 1. The third-order valence-corrected chi connectivity index (χ3v) is 2.94. The number of rotatable bonds is 0. The van der Waals surface area contributed by atoms with E-state index in [9.17, 15) is 0 Å². The molecule has 0 saturated heterocycles. The Hall–Kier alpha value is -0.540. The van der Waals surface area contributed by atoms with E-state index in [1.165, 1.54) is 11.1 Å². The zero-order valence-corrected chi connectivity index (χ0v) is 10.9. The van der Waals surface area contributed by atoms with Gasteiger partial charge in [-0.05, 0) is 17.5 Å². The Labute approximate surface area is 103 Å². The van der Waals surface area contributed by atoms with E-state index >= 15 is 0 Å². The third-order valence-electron chi connectivity index (χ3n) is 2.40. The Bertz CT molecular complexity index is 336. The molecule has 1 nitrogen and oxygen atoms in total. The van der Waals surface area contributed by atoms with Crippen LogP contribution >= 0.6 is 24.8 Å². The summed E-state index contributed by atoms with van der Waals surface area (Å²) >= 11 is 9.22. The lowest BCUT2D eigenvalue weighted by molar-refractivity contribution is 0.407. The Balaban J connectivity index is 0.000000531. The van der Waals surface area contributed by atoms with Crippen molar-refractivity contribution in [3.05, 3.63) is 35.4 Å². The highest BCUT2D eigenvalue weighted by Gasteiger charge is 2.15. The Morgan fingerprint density at radius 2 is 1.87 bits per heavy atom. The number of thiocarbonyl (C=S) groups is 1. The fourth-order valence-corrected chi connectivity index (χ4v) is 1.99. The molecule has 82 valence electrons. The predicted octanol–water partition coefficient (Wildman–Crippen LogP) is 3.29. The maximum atomic E-state index is 5.03. The van der Waals surface area contributed by atoms with Crippen LogP contribution in [0.15, 0.2) is 24.3 Å². The second kappa shape index (κ2) is 6.13. The molecular weight excluding hydrogens is 222 g/mol. The van der Waals surface area contributed by atoms with Crippen LogP contribution in [0.4, 0.5) is 0 Å². The summed E-state index contributed by atoms with van der Waals surface area (Å²) in [6, 6.07) is 8.51. The van der Waals surface area contributed by atoms with Crippen molar-refractivity contribution < 1.29 is 0 Å². The smallest absolute Gasteiger partial charge is 0.133 e. The minimum Gasteiger partial charge on any atom is -0.353 e. The quantitative estimate of drug-likeness (QED) is 0.547. The topological polar surface area (TPSA) is 3.24 Å². The average Bonchev–Trinajstić information content (AvgIpc) is 2.31. The second-order valence-electron chi connectivity index (χ2n) is 3.22. The van der Waals surface area contributed by atoms with Crippen LogP contribution in [-0.4, -0.2) is 15.8 Å². The first-order valence-electron chi connectivity index (χ1n) is 5.32. The van der Waals surface area contributed by atoms with Crippen molar-refractivity contribution in [2.24, 2.45) is 0 Å². The van der Waals surface area contributed by atoms with Gasteiger partial charge in [-0.2, -0.15) is 0 Å². The van der Waals surface area contributed by atoms with Crippen LogP contribution in [0.25, 0.3) is 0 Å². The SMILES string of the molecule is CC.S=C(S)N1CCc2ccccc2C1. The molecule has 1 aliphatic rings. The van der Waals surface area contributed by atoms with Crippen molar-refractivity contribution in [3.8, 4) is 0 Å². The van der Waals surface area contributed by atoms with Gasteiger partial charge in [0.1, 0.15) is 4.32 Å². The minimum absolute atomic E-state index is 0.703. The summed E-state index contributed by atoms with van der Waals surface area (Å²) in [4.78, 5) is 2.13. The molecule has 0 radical (unpaired) electrons. The number of hydrogen-bond donors (Lipinski definition) is 1. The molecule has 0 bridgehead atoms. The highest BCUT2D eigenvalue weighted by Crippen LogP contribution is 2.19. The summed E-state index contributed by atoms with van der Waals surface area (Å²) in [5, 5.41) is 0. The minimum atomic E-state index is 0.703. The molecule has 1 aliphatic heterocycles. The molecule has 3 heteroatoms. The molecule has 0 fully saturated rings. The summed E-state index contributed by atoms with van der Waals surface area (Å²) in [7, 11) is 0. The molecule has 0 unspecified atom stereocenters. The van der Waals surface area contributed by atoms with Gasteiger partial charge in [-0.1, -0.05) is 50.3 Å². The summed E-state index contributed by atoms with van der Waals surface area (Å²) in [6.07, 6.45) is 1.08. The number of fused-ring (bicyclic) bond motifs is 1. The van der Waals surface area contributed by atoms with Gasteiger partial charge in [0.15, 0.2) is 0 Å². The molecular formula is C12H17NS2. The van der Waals surface area contributed by atoms with E-state index < -0.39 is 0 Å². The van der Waals surface area contributed by atoms with Gasteiger partial charge in [0.25, 0.3) is 0 Å². The first-order chi connectivity index (χ1) is 7.27. The summed E-state index contributed by atoms with van der Waals surface area (Å²) in [5.74, 6) is 0. The van der Waals surface area contributed by atoms with E-state index in [0.717, 1.165) is 19.5 Å². The van der Waals surface area contributed by atoms with Crippen molar-refractivity contribution in [2.75, 3.05) is 6.54 Å². The lowest BCUT2D eigenvalue weighted by Crippen LogP contribution is -2.32. The predicted molar refractivity (Wildman–Crippen MR) is 73.5 cm³/mol. The normalized spacial score (nSPS) is 13.7. The summed E-state index contributed by atoms with van der Waals surface area (Å²) in [6.45, 7) is 5.91. The molecule has 1 heterocycles. The van der Waals surface area contributed by atoms with E-state index in [4.69, 9.17) is 12.2 Å². The van der Waals surface area contributed by atoms with Gasteiger partial charge in [-0.3, -0.25) is 0 Å². The van der Waals surface area contributed by atoms with E-state index in [-0.39, 0.29) is 0 Å². The molecule has 15 heavy (non-hydrogen) atoms. The van der Waals surface area contributed by atoms with Crippen molar-refractivity contribution in [2.45, 2.75) is 26.8 Å². The van der Waals surface area contributed by atoms with Crippen molar-refractivity contribution >= 4 is 29.2 Å². The van der Waals surface area contributed by atoms with Crippen LogP contribution in [0.5, 0.6) is 0 Å². The van der Waals surface area contributed by atoms with E-state index in [2.05, 4.69) is 41.8 Å². The maximum absolute atomic E-state index is 5.03. The highest BCUT2D eigenvalue weighted by molar-refractivity contribution is 8.10. The molecule has 0 saturated carbocycles. The number of hydrogen-bond acceptors (Lipinski definition) is 1. The molecule has 0 atom stereocenters. The van der Waals surface area contributed by atoms with Crippen molar-refractivity contribution in [3.63, 3.8) is 0 Å². The second-order valence-corrected chi connectivity index (χ2v) is 4.34. The Morgan fingerprint density at radius 1 is 1.27 bits per heavy atom. The molecule has 0 aliphatic carbocycles. The largest absolute Gasteiger partial charge is 0.353 e.